The zero-order chi connectivity index (χ0) is 39.1. The predicted octanol–water partition coefficient (Wildman–Crippen LogP) is 6.83. The largest absolute Gasteiger partial charge is 0.507 e. The number of hydrogen-bond donors (Lipinski definition) is 3. The maximum Gasteiger partial charge on any atom is 0.347 e. The Morgan fingerprint density at radius 2 is 1.23 bits per heavy atom. The van der Waals surface area contributed by atoms with E-state index in [1.807, 2.05) is 0 Å². The number of aryl methyl sites for hydroxylation is 1. The Balaban J connectivity index is 1.64. The van der Waals surface area contributed by atoms with Crippen LogP contribution in [0.15, 0.2) is 39.6 Å². The number of phenols is 2. The molecular formula is C38H37BrO13. The number of ether oxygens (including phenoxy) is 5. The number of esters is 3. The van der Waals surface area contributed by atoms with Crippen molar-refractivity contribution in [3.05, 3.63) is 89.7 Å². The molecule has 1 aliphatic carbocycles. The van der Waals surface area contributed by atoms with E-state index in [1.165, 1.54) is 60.1 Å². The van der Waals surface area contributed by atoms with Crippen LogP contribution in [0.1, 0.15) is 78.3 Å². The summed E-state index contributed by atoms with van der Waals surface area (Å²) in [6, 6.07) is 2.61. The number of carboxylic acids is 1. The molecule has 274 valence electrons. The van der Waals surface area contributed by atoms with E-state index in [1.54, 1.807) is 27.7 Å². The van der Waals surface area contributed by atoms with Crippen LogP contribution in [0.3, 0.4) is 0 Å². The normalized spacial score (nSPS) is 14.1. The van der Waals surface area contributed by atoms with Crippen molar-refractivity contribution in [1.29, 1.82) is 0 Å². The Labute approximate surface area is 307 Å². The molecule has 3 N–H and O–H groups in total. The summed E-state index contributed by atoms with van der Waals surface area (Å²) in [5.74, 6) is -6.48. The minimum Gasteiger partial charge on any atom is -0.507 e. The highest BCUT2D eigenvalue weighted by Gasteiger charge is 2.36. The van der Waals surface area contributed by atoms with Gasteiger partial charge in [-0.05, 0) is 117 Å². The molecule has 13 nitrogen and oxygen atoms in total. The molecule has 0 aliphatic heterocycles. The molecule has 3 aromatic rings. The van der Waals surface area contributed by atoms with E-state index in [-0.39, 0.29) is 78.0 Å². The number of carbonyl (C=O) groups is 5. The van der Waals surface area contributed by atoms with Crippen LogP contribution in [0, 0.1) is 47.5 Å². The van der Waals surface area contributed by atoms with Crippen LogP contribution in [0.4, 0.5) is 0 Å². The van der Waals surface area contributed by atoms with Gasteiger partial charge in [-0.2, -0.15) is 0 Å². The predicted molar refractivity (Wildman–Crippen MR) is 190 cm³/mol. The minimum absolute atomic E-state index is 0.00257. The average Bonchev–Trinajstić information content (AvgIpc) is 3.07. The zero-order valence-corrected chi connectivity index (χ0v) is 31.7. The number of rotatable bonds is 9. The van der Waals surface area contributed by atoms with E-state index < -0.39 is 41.3 Å². The lowest BCUT2D eigenvalue weighted by molar-refractivity contribution is -0.137. The van der Waals surface area contributed by atoms with E-state index in [2.05, 4.69) is 15.9 Å². The quantitative estimate of drug-likeness (QED) is 0.151. The Kier molecular flexibility index (Phi) is 11.2. The molecule has 0 spiro atoms. The van der Waals surface area contributed by atoms with Gasteiger partial charge in [0.25, 0.3) is 0 Å². The molecule has 0 radical (unpaired) electrons. The number of allylic oxidation sites excluding steroid dienone is 2. The number of phenolic OH excluding ortho intramolecular Hbond substituents is 2. The summed E-state index contributed by atoms with van der Waals surface area (Å²) < 4.78 is 27.4. The zero-order valence-electron chi connectivity index (χ0n) is 30.1. The van der Waals surface area contributed by atoms with Crippen LogP contribution in [-0.2, 0) is 14.3 Å². The van der Waals surface area contributed by atoms with Crippen molar-refractivity contribution < 1.29 is 63.0 Å². The third kappa shape index (κ3) is 6.85. The van der Waals surface area contributed by atoms with Gasteiger partial charge in [-0.15, -0.1) is 0 Å². The molecule has 1 aliphatic rings. The monoisotopic (exact) mass is 780 g/mol. The third-order valence-corrected chi connectivity index (χ3v) is 9.90. The van der Waals surface area contributed by atoms with Crippen LogP contribution in [0.5, 0.6) is 34.5 Å². The summed E-state index contributed by atoms with van der Waals surface area (Å²) >= 11 is 3.24. The first-order valence-corrected chi connectivity index (χ1v) is 16.5. The first-order chi connectivity index (χ1) is 24.3. The van der Waals surface area contributed by atoms with Crippen molar-refractivity contribution >= 4 is 45.6 Å². The van der Waals surface area contributed by atoms with Crippen LogP contribution >= 0.6 is 15.9 Å². The Morgan fingerprint density at radius 3 is 1.79 bits per heavy atom. The highest BCUT2D eigenvalue weighted by molar-refractivity contribution is 9.10. The lowest BCUT2D eigenvalue weighted by atomic mass is 9.88. The van der Waals surface area contributed by atoms with Crippen molar-refractivity contribution in [2.75, 3.05) is 14.2 Å². The standard InChI is InChI=1S/C38H37BrO13/c1-14-11-22(40)20(7)33(49-10)27(14)37(46)52-34-19(6)18(5)29(32(42)30(34)39)38(47)50-23-12-15(2)26(31(41)21(23)8)36(45)51-24-13-25(48-9)28(35(43)44)17(4)16(24)3/h11-13,27,41-42H,1-10H3,(H,43,44). The summed E-state index contributed by atoms with van der Waals surface area (Å²) in [5.41, 5.74) is 1.47. The van der Waals surface area contributed by atoms with Gasteiger partial charge in [0.05, 0.1) is 14.2 Å². The number of halogens is 1. The number of ketones is 1. The average molecular weight is 782 g/mol. The van der Waals surface area contributed by atoms with Gasteiger partial charge in [-0.3, -0.25) is 9.59 Å². The Hall–Kier alpha value is -5.63. The highest BCUT2D eigenvalue weighted by atomic mass is 79.9. The van der Waals surface area contributed by atoms with Crippen molar-refractivity contribution in [3.63, 3.8) is 0 Å². The van der Waals surface area contributed by atoms with Crippen molar-refractivity contribution in [3.8, 4) is 34.5 Å². The van der Waals surface area contributed by atoms with Gasteiger partial charge in [0.2, 0.25) is 0 Å². The summed E-state index contributed by atoms with van der Waals surface area (Å²) in [4.78, 5) is 64.3. The lowest BCUT2D eigenvalue weighted by Crippen LogP contribution is -2.29. The first-order valence-electron chi connectivity index (χ1n) is 15.7. The number of hydrogen-bond acceptors (Lipinski definition) is 12. The van der Waals surface area contributed by atoms with E-state index in [4.69, 9.17) is 23.7 Å². The molecule has 0 saturated carbocycles. The first kappa shape index (κ1) is 39.2. The maximum atomic E-state index is 13.6. The van der Waals surface area contributed by atoms with Crippen LogP contribution in [0.25, 0.3) is 0 Å². The van der Waals surface area contributed by atoms with Gasteiger partial charge >= 0.3 is 23.9 Å². The van der Waals surface area contributed by atoms with Crippen molar-refractivity contribution in [2.24, 2.45) is 5.92 Å². The van der Waals surface area contributed by atoms with Gasteiger partial charge in [0.1, 0.15) is 61.6 Å². The van der Waals surface area contributed by atoms with Gasteiger partial charge in [-0.25, -0.2) is 14.4 Å². The van der Waals surface area contributed by atoms with E-state index in [0.717, 1.165) is 0 Å². The van der Waals surface area contributed by atoms with Crippen molar-refractivity contribution in [1.82, 2.24) is 0 Å². The Bertz CT molecular complexity index is 2130. The second-order valence-corrected chi connectivity index (χ2v) is 13.0. The molecule has 3 aromatic carbocycles. The van der Waals surface area contributed by atoms with Crippen LogP contribution in [-0.4, -0.2) is 59.2 Å². The second kappa shape index (κ2) is 14.9. The molecular weight excluding hydrogens is 744 g/mol. The molecule has 0 fully saturated rings. The summed E-state index contributed by atoms with van der Waals surface area (Å²) in [6.45, 7) is 12.2. The second-order valence-electron chi connectivity index (χ2n) is 12.2. The fraction of sp³-hybridized carbons (Fsp3) is 0.289. The summed E-state index contributed by atoms with van der Waals surface area (Å²) in [5, 5.41) is 31.9. The number of benzene rings is 3. The molecule has 52 heavy (non-hydrogen) atoms. The van der Waals surface area contributed by atoms with E-state index in [9.17, 15) is 39.3 Å². The fourth-order valence-electron chi connectivity index (χ4n) is 5.88. The number of aromatic carboxylic acids is 1. The molecule has 1 atom stereocenters. The number of carboxylic acid groups (broad SMARTS) is 1. The number of aromatic hydroxyl groups is 2. The molecule has 0 aromatic heterocycles. The van der Waals surface area contributed by atoms with Crippen LogP contribution < -0.4 is 18.9 Å². The molecule has 14 heteroatoms. The Morgan fingerprint density at radius 1 is 0.673 bits per heavy atom. The van der Waals surface area contributed by atoms with E-state index in [0.29, 0.717) is 22.3 Å². The van der Waals surface area contributed by atoms with Gasteiger partial charge < -0.3 is 39.0 Å². The molecule has 0 heterocycles. The third-order valence-electron chi connectivity index (χ3n) is 9.16. The van der Waals surface area contributed by atoms with Crippen LogP contribution in [0.2, 0.25) is 0 Å². The van der Waals surface area contributed by atoms with Crippen molar-refractivity contribution in [2.45, 2.75) is 55.4 Å². The minimum atomic E-state index is -1.22. The SMILES string of the molecule is COC1=C(C)C(=O)C=C(C)C1C(=O)Oc1c(C)c(C)c(C(=O)Oc2cc(C)c(C(=O)Oc3cc(OC)c(C(=O)O)c(C)c3C)c(O)c2C)c(O)c1Br. The number of methoxy groups -OCH3 is 2. The summed E-state index contributed by atoms with van der Waals surface area (Å²) in [7, 11) is 2.62. The molecule has 0 saturated heterocycles. The molecule has 0 amide bonds. The smallest absolute Gasteiger partial charge is 0.347 e. The summed E-state index contributed by atoms with van der Waals surface area (Å²) in [6.07, 6.45) is 1.32. The molecule has 0 bridgehead atoms. The fourth-order valence-corrected chi connectivity index (χ4v) is 6.45. The lowest BCUT2D eigenvalue weighted by Gasteiger charge is -2.25. The highest BCUT2D eigenvalue weighted by Crippen LogP contribution is 2.44. The molecule has 1 unspecified atom stereocenters. The van der Waals surface area contributed by atoms with Gasteiger partial charge in [0, 0.05) is 17.2 Å². The topological polar surface area (TPSA) is 192 Å². The van der Waals surface area contributed by atoms with E-state index >= 15 is 0 Å². The maximum absolute atomic E-state index is 13.6. The van der Waals surface area contributed by atoms with Gasteiger partial charge in [0.15, 0.2) is 11.5 Å². The number of carbonyl (C=O) groups excluding carboxylic acids is 4. The molecule has 4 rings (SSSR count). The van der Waals surface area contributed by atoms with Gasteiger partial charge in [-0.1, -0.05) is 0 Å².